The number of carbonyl (C=O) groups is 3. The minimum absolute atomic E-state index is 0. The Morgan fingerprint density at radius 3 is 2.76 bits per heavy atom. The average molecular weight is 516 g/mol. The topological polar surface area (TPSA) is 187 Å². The number of carbonyl (C=O) groups excluding carboxylic acids is 3. The van der Waals surface area contributed by atoms with Gasteiger partial charge in [-0.15, -0.1) is 28.2 Å². The van der Waals surface area contributed by atoms with E-state index in [2.05, 4.69) is 25.0 Å². The molecule has 4 rings (SSSR count). The van der Waals surface area contributed by atoms with Gasteiger partial charge in [-0.05, 0) is 30.1 Å². The van der Waals surface area contributed by atoms with Crippen LogP contribution in [0.3, 0.4) is 0 Å². The number of β-lactam (4-membered cyclic amide) rings is 1. The molecular weight excluding hydrogens is 501 g/mol. The molecule has 0 aromatic carbocycles. The minimum Gasteiger partial charge on any atom is -0.543 e. The van der Waals surface area contributed by atoms with Crippen LogP contribution in [0.2, 0.25) is 0 Å². The van der Waals surface area contributed by atoms with Crippen molar-refractivity contribution in [1.29, 1.82) is 0 Å². The van der Waals surface area contributed by atoms with Crippen LogP contribution in [0, 0.1) is 6.92 Å². The van der Waals surface area contributed by atoms with Crippen LogP contribution >= 0.6 is 34.6 Å². The Balaban J connectivity index is 0.00000306. The number of nitrogen functional groups attached to an aromatic ring is 1. The van der Waals surface area contributed by atoms with Crippen LogP contribution in [-0.2, 0) is 14.4 Å². The van der Waals surface area contributed by atoms with Crippen LogP contribution in [0.15, 0.2) is 27.9 Å². The van der Waals surface area contributed by atoms with Crippen LogP contribution in [0.1, 0.15) is 16.3 Å². The third-order valence-corrected chi connectivity index (χ3v) is 7.31. The van der Waals surface area contributed by atoms with E-state index in [-0.39, 0.29) is 51.8 Å². The summed E-state index contributed by atoms with van der Waals surface area (Å²) in [5.74, 6) is -2.70. The maximum atomic E-state index is 12.7. The molecule has 4 N–H and O–H groups in total. The van der Waals surface area contributed by atoms with E-state index in [1.807, 2.05) is 6.92 Å². The number of thioether (sulfide) groups is 1. The summed E-state index contributed by atoms with van der Waals surface area (Å²) in [6.45, 7) is 1.83. The number of nitrogens with two attached hydrogens (primary N) is 1. The monoisotopic (exact) mass is 515 g/mol. The number of aromatic nitrogens is 3. The van der Waals surface area contributed by atoms with E-state index in [4.69, 9.17) is 5.73 Å². The van der Waals surface area contributed by atoms with Gasteiger partial charge in [0.2, 0.25) is 0 Å². The number of thiazole rings is 1. The van der Waals surface area contributed by atoms with Crippen LogP contribution < -0.4 is 45.7 Å². The number of rotatable bonds is 6. The second kappa shape index (κ2) is 10.3. The molecule has 1 saturated heterocycles. The molecule has 1 fully saturated rings. The normalized spacial score (nSPS) is 20.3. The van der Waals surface area contributed by atoms with E-state index in [1.165, 1.54) is 28.7 Å². The number of nitrogens with zero attached hydrogens (tertiary/aromatic N) is 5. The number of carboxylic acids is 1. The standard InChI is InChI=1S/C17H15N7O5S3.Na/c1-6-8(21-23-32-6)3-2-7-4-30-15-11(14(26)24(15)12(7)16(27)28)20-13(25)10(22-29)9-5-31-17(18)19-9;/h2-3,5,11,15,29H,4H2,1H3,(H2,18,19)(H,20,25)(H,27,28);/q;+1/p-1/b3-2-,22-10-;/t11?,15-;/m0./s1. The Kier molecular flexibility index (Phi) is 7.92. The molecule has 0 spiro atoms. The summed E-state index contributed by atoms with van der Waals surface area (Å²) < 4.78 is 3.82. The fraction of sp³-hybridized carbons (Fsp3) is 0.235. The Morgan fingerprint density at radius 1 is 1.42 bits per heavy atom. The van der Waals surface area contributed by atoms with Crippen molar-refractivity contribution in [3.63, 3.8) is 0 Å². The molecule has 0 saturated carbocycles. The predicted octanol–water partition coefficient (Wildman–Crippen LogP) is -3.82. The van der Waals surface area contributed by atoms with Gasteiger partial charge in [0.05, 0.1) is 11.7 Å². The number of hydrogen-bond acceptors (Lipinski definition) is 13. The van der Waals surface area contributed by atoms with Gasteiger partial charge in [-0.25, -0.2) is 4.98 Å². The van der Waals surface area contributed by atoms with Crippen LogP contribution in [-0.4, -0.2) is 65.3 Å². The maximum Gasteiger partial charge on any atom is 1.00 e. The molecule has 0 aliphatic carbocycles. The van der Waals surface area contributed by atoms with Crippen molar-refractivity contribution >= 4 is 69.3 Å². The van der Waals surface area contributed by atoms with Crippen molar-refractivity contribution in [2.24, 2.45) is 5.16 Å². The fourth-order valence-corrected chi connectivity index (χ4v) is 5.47. The van der Waals surface area contributed by atoms with E-state index in [9.17, 15) is 24.7 Å². The van der Waals surface area contributed by atoms with Crippen molar-refractivity contribution in [2.45, 2.75) is 18.3 Å². The third kappa shape index (κ3) is 4.83. The van der Waals surface area contributed by atoms with Crippen molar-refractivity contribution in [1.82, 2.24) is 24.8 Å². The van der Waals surface area contributed by atoms with Crippen molar-refractivity contribution in [2.75, 3.05) is 11.5 Å². The fourth-order valence-electron chi connectivity index (χ4n) is 3.15. The van der Waals surface area contributed by atoms with Gasteiger partial charge >= 0.3 is 29.6 Å². The van der Waals surface area contributed by atoms with Crippen LogP contribution in [0.5, 0.6) is 0 Å². The second-order valence-electron chi connectivity index (χ2n) is 6.59. The molecule has 33 heavy (non-hydrogen) atoms. The number of hydrogen-bond donors (Lipinski definition) is 3. The second-order valence-corrected chi connectivity index (χ2v) is 9.54. The Labute approximate surface area is 221 Å². The van der Waals surface area contributed by atoms with E-state index in [0.717, 1.165) is 21.1 Å². The zero-order valence-electron chi connectivity index (χ0n) is 17.2. The first-order valence-electron chi connectivity index (χ1n) is 8.92. The first-order chi connectivity index (χ1) is 15.3. The molecule has 2 aromatic heterocycles. The SMILES string of the molecule is Cc1snnc1/C=C\C1=C(C(=O)[O-])N2C(=O)C(NC(=O)/C(=N\O)c3csc(N)n3)[C@@H]2SC1.[Na+]. The number of anilines is 1. The Bertz CT molecular complexity index is 1210. The first kappa shape index (κ1) is 25.3. The molecule has 0 radical (unpaired) electrons. The van der Waals surface area contributed by atoms with Gasteiger partial charge in [-0.2, -0.15) is 0 Å². The number of amides is 2. The number of fused-ring (bicyclic) bond motifs is 1. The third-order valence-electron chi connectivity index (χ3n) is 4.69. The zero-order chi connectivity index (χ0) is 23.0. The summed E-state index contributed by atoms with van der Waals surface area (Å²) in [5.41, 5.74) is 5.91. The van der Waals surface area contributed by atoms with Gasteiger partial charge in [0, 0.05) is 16.0 Å². The van der Waals surface area contributed by atoms with E-state index >= 15 is 0 Å². The van der Waals surface area contributed by atoms with Gasteiger partial charge in [-0.3, -0.25) is 14.5 Å². The first-order valence-corrected chi connectivity index (χ1v) is 11.6. The molecule has 166 valence electrons. The number of oxime groups is 1. The van der Waals surface area contributed by atoms with Crippen molar-refractivity contribution in [3.8, 4) is 0 Å². The van der Waals surface area contributed by atoms with Gasteiger partial charge in [0.25, 0.3) is 11.8 Å². The molecule has 2 aliphatic heterocycles. The molecule has 2 aliphatic rings. The number of carboxylic acid groups (broad SMARTS) is 1. The summed E-state index contributed by atoms with van der Waals surface area (Å²) in [6.07, 6.45) is 3.20. The molecule has 1 unspecified atom stereocenters. The summed E-state index contributed by atoms with van der Waals surface area (Å²) in [6, 6.07) is -1.01. The van der Waals surface area contributed by atoms with Crippen LogP contribution in [0.4, 0.5) is 5.13 Å². The molecule has 4 heterocycles. The summed E-state index contributed by atoms with van der Waals surface area (Å²) in [7, 11) is 0. The van der Waals surface area contributed by atoms with Gasteiger partial charge in [0.1, 0.15) is 22.8 Å². The molecule has 2 amide bonds. The van der Waals surface area contributed by atoms with Gasteiger partial charge < -0.3 is 26.2 Å². The van der Waals surface area contributed by atoms with Crippen molar-refractivity contribution < 1.29 is 54.3 Å². The van der Waals surface area contributed by atoms with Crippen molar-refractivity contribution in [3.05, 3.63) is 39.0 Å². The number of allylic oxidation sites excluding steroid dienone is 1. The van der Waals surface area contributed by atoms with Gasteiger partial charge in [0.15, 0.2) is 10.8 Å². The van der Waals surface area contributed by atoms with Gasteiger partial charge in [-0.1, -0.05) is 15.7 Å². The average Bonchev–Trinajstić information content (AvgIpc) is 3.37. The number of nitrogens with one attached hydrogen (secondary N) is 1. The quantitative estimate of drug-likeness (QED) is 0.113. The minimum atomic E-state index is -1.50. The largest absolute Gasteiger partial charge is 1.00 e. The van der Waals surface area contributed by atoms with Crippen LogP contribution in [0.25, 0.3) is 6.08 Å². The smallest absolute Gasteiger partial charge is 0.543 e. The van der Waals surface area contributed by atoms with E-state index in [1.54, 1.807) is 12.2 Å². The summed E-state index contributed by atoms with van der Waals surface area (Å²) in [4.78, 5) is 42.9. The predicted molar refractivity (Wildman–Crippen MR) is 116 cm³/mol. The number of aliphatic carboxylic acids is 1. The molecule has 2 atom stereocenters. The Hall–Kier alpha value is -2.30. The van der Waals surface area contributed by atoms with E-state index < -0.39 is 34.9 Å². The molecule has 0 bridgehead atoms. The number of aryl methyl sites for hydroxylation is 1. The molecule has 12 nitrogen and oxygen atoms in total. The molecule has 2 aromatic rings. The zero-order valence-corrected chi connectivity index (χ0v) is 21.7. The maximum absolute atomic E-state index is 12.7. The van der Waals surface area contributed by atoms with E-state index in [0.29, 0.717) is 11.3 Å². The Morgan fingerprint density at radius 2 is 2.18 bits per heavy atom. The summed E-state index contributed by atoms with van der Waals surface area (Å²) in [5, 5.41) is 31.3. The summed E-state index contributed by atoms with van der Waals surface area (Å²) >= 11 is 3.55. The molecule has 16 heteroatoms. The molecular formula is C17H14N7NaO5S3.